The zero-order valence-corrected chi connectivity index (χ0v) is 15.5. The molecule has 1 aromatic carbocycles. The second kappa shape index (κ2) is 9.88. The van der Waals surface area contributed by atoms with Crippen molar-refractivity contribution in [1.82, 2.24) is 10.6 Å². The molecular weight excluding hydrogens is 333 g/mol. The Morgan fingerprint density at radius 3 is 3.04 bits per heavy atom. The zero-order chi connectivity index (χ0) is 18.2. The Bertz CT molecular complexity index is 590. The molecule has 1 aromatic rings. The molecule has 3 rings (SSSR count). The predicted octanol–water partition coefficient (Wildman–Crippen LogP) is 2.68. The molecule has 1 heterocycles. The Morgan fingerprint density at radius 1 is 1.38 bits per heavy atom. The number of hydrogen-bond acceptors (Lipinski definition) is 3. The van der Waals surface area contributed by atoms with Gasteiger partial charge >= 0.3 is 0 Å². The summed E-state index contributed by atoms with van der Waals surface area (Å²) in [5.74, 6) is 1.48. The van der Waals surface area contributed by atoms with Crippen molar-refractivity contribution in [2.45, 2.75) is 38.1 Å². The number of benzene rings is 1. The standard InChI is InChI=1S/C20H30FN3O2/c1-2-22-20(23-9-5-10-25-13-15-8-11-26-14-15)24-19-12-17(19)16-6-3-4-7-18(16)21/h3-4,6-7,15,17,19H,2,5,8-14H2,1H3,(H2,22,23,24). The summed E-state index contributed by atoms with van der Waals surface area (Å²) >= 11 is 0. The van der Waals surface area contributed by atoms with Gasteiger partial charge in [-0.25, -0.2) is 4.39 Å². The van der Waals surface area contributed by atoms with E-state index in [0.717, 1.165) is 63.8 Å². The lowest BCUT2D eigenvalue weighted by Crippen LogP contribution is -2.39. The average Bonchev–Trinajstić information content (AvgIpc) is 3.19. The lowest BCUT2D eigenvalue weighted by atomic mass is 10.1. The number of halogens is 1. The Balaban J connectivity index is 1.37. The number of guanidine groups is 1. The van der Waals surface area contributed by atoms with Gasteiger partial charge in [0.15, 0.2) is 5.96 Å². The van der Waals surface area contributed by atoms with Gasteiger partial charge in [0.1, 0.15) is 5.82 Å². The molecule has 6 heteroatoms. The van der Waals surface area contributed by atoms with Crippen LogP contribution in [0, 0.1) is 11.7 Å². The van der Waals surface area contributed by atoms with E-state index >= 15 is 0 Å². The van der Waals surface area contributed by atoms with Crippen LogP contribution in [0.25, 0.3) is 0 Å². The van der Waals surface area contributed by atoms with Gasteiger partial charge in [-0.05, 0) is 37.8 Å². The Kier molecular flexibility index (Phi) is 7.26. The Hall–Kier alpha value is -1.66. The highest BCUT2D eigenvalue weighted by molar-refractivity contribution is 5.80. The lowest BCUT2D eigenvalue weighted by Gasteiger charge is -2.12. The summed E-state index contributed by atoms with van der Waals surface area (Å²) in [5, 5.41) is 6.68. The summed E-state index contributed by atoms with van der Waals surface area (Å²) in [6.45, 7) is 6.78. The topological polar surface area (TPSA) is 54.9 Å². The van der Waals surface area contributed by atoms with Crippen molar-refractivity contribution < 1.29 is 13.9 Å². The second-order valence-electron chi connectivity index (χ2n) is 7.03. The van der Waals surface area contributed by atoms with E-state index < -0.39 is 0 Å². The molecule has 0 radical (unpaired) electrons. The number of aliphatic imine (C=N–C) groups is 1. The van der Waals surface area contributed by atoms with Gasteiger partial charge in [-0.3, -0.25) is 4.99 Å². The van der Waals surface area contributed by atoms with Crippen molar-refractivity contribution in [3.8, 4) is 0 Å². The minimum atomic E-state index is -0.117. The molecule has 0 spiro atoms. The number of hydrogen-bond donors (Lipinski definition) is 2. The van der Waals surface area contributed by atoms with Crippen molar-refractivity contribution >= 4 is 5.96 Å². The molecule has 3 atom stereocenters. The van der Waals surface area contributed by atoms with Crippen molar-refractivity contribution in [3.63, 3.8) is 0 Å². The van der Waals surface area contributed by atoms with Gasteiger partial charge in [-0.15, -0.1) is 0 Å². The van der Waals surface area contributed by atoms with Crippen LogP contribution in [0.3, 0.4) is 0 Å². The molecular formula is C20H30FN3O2. The molecule has 1 saturated carbocycles. The third-order valence-corrected chi connectivity index (χ3v) is 4.86. The highest BCUT2D eigenvalue weighted by Crippen LogP contribution is 2.41. The van der Waals surface area contributed by atoms with E-state index in [0.29, 0.717) is 12.5 Å². The molecule has 5 nitrogen and oxygen atoms in total. The van der Waals surface area contributed by atoms with Crippen LogP contribution in [-0.2, 0) is 9.47 Å². The smallest absolute Gasteiger partial charge is 0.191 e. The quantitative estimate of drug-likeness (QED) is 0.402. The van der Waals surface area contributed by atoms with E-state index in [2.05, 4.69) is 15.6 Å². The van der Waals surface area contributed by atoms with Crippen LogP contribution in [0.2, 0.25) is 0 Å². The summed E-state index contributed by atoms with van der Waals surface area (Å²) in [4.78, 5) is 4.61. The second-order valence-corrected chi connectivity index (χ2v) is 7.03. The third kappa shape index (κ3) is 5.68. The minimum absolute atomic E-state index is 0.117. The van der Waals surface area contributed by atoms with E-state index in [1.807, 2.05) is 19.1 Å². The molecule has 0 bridgehead atoms. The monoisotopic (exact) mass is 363 g/mol. The van der Waals surface area contributed by atoms with Gasteiger partial charge in [-0.1, -0.05) is 18.2 Å². The van der Waals surface area contributed by atoms with E-state index in [1.54, 1.807) is 6.07 Å². The van der Waals surface area contributed by atoms with Gasteiger partial charge in [-0.2, -0.15) is 0 Å². The highest BCUT2D eigenvalue weighted by Gasteiger charge is 2.40. The van der Waals surface area contributed by atoms with Gasteiger partial charge in [0, 0.05) is 44.2 Å². The molecule has 144 valence electrons. The molecule has 26 heavy (non-hydrogen) atoms. The van der Waals surface area contributed by atoms with Crippen LogP contribution in [-0.4, -0.2) is 51.5 Å². The van der Waals surface area contributed by atoms with Gasteiger partial charge in [0.2, 0.25) is 0 Å². The molecule has 3 unspecified atom stereocenters. The molecule has 0 aromatic heterocycles. The average molecular weight is 363 g/mol. The predicted molar refractivity (Wildman–Crippen MR) is 101 cm³/mol. The summed E-state index contributed by atoms with van der Waals surface area (Å²) < 4.78 is 24.9. The molecule has 1 aliphatic heterocycles. The van der Waals surface area contributed by atoms with Crippen molar-refractivity contribution in [2.75, 3.05) is 39.5 Å². The van der Waals surface area contributed by atoms with Gasteiger partial charge in [0.25, 0.3) is 0 Å². The summed E-state index contributed by atoms with van der Waals surface area (Å²) in [6, 6.07) is 7.28. The normalized spacial score (nSPS) is 25.3. The first-order chi connectivity index (χ1) is 12.8. The highest BCUT2D eigenvalue weighted by atomic mass is 19.1. The summed E-state index contributed by atoms with van der Waals surface area (Å²) in [7, 11) is 0. The van der Waals surface area contributed by atoms with Crippen LogP contribution >= 0.6 is 0 Å². The van der Waals surface area contributed by atoms with Crippen LogP contribution in [0.4, 0.5) is 4.39 Å². The number of rotatable bonds is 9. The molecule has 2 fully saturated rings. The number of nitrogens with zero attached hydrogens (tertiary/aromatic N) is 1. The maximum absolute atomic E-state index is 13.9. The van der Waals surface area contributed by atoms with Crippen molar-refractivity contribution in [1.29, 1.82) is 0 Å². The fraction of sp³-hybridized carbons (Fsp3) is 0.650. The van der Waals surface area contributed by atoms with Crippen LogP contribution < -0.4 is 10.6 Å². The lowest BCUT2D eigenvalue weighted by molar-refractivity contribution is 0.0893. The first kappa shape index (κ1) is 19.1. The molecule has 2 aliphatic rings. The largest absolute Gasteiger partial charge is 0.381 e. The van der Waals surface area contributed by atoms with Crippen LogP contribution in [0.15, 0.2) is 29.3 Å². The first-order valence-corrected chi connectivity index (χ1v) is 9.72. The van der Waals surface area contributed by atoms with Gasteiger partial charge in [0.05, 0.1) is 13.2 Å². The van der Waals surface area contributed by atoms with E-state index in [4.69, 9.17) is 9.47 Å². The van der Waals surface area contributed by atoms with E-state index in [9.17, 15) is 4.39 Å². The van der Waals surface area contributed by atoms with E-state index in [1.165, 1.54) is 6.07 Å². The SMILES string of the molecule is CCNC(=NCCCOCC1CCOC1)NC1CC1c1ccccc1F. The van der Waals surface area contributed by atoms with Crippen molar-refractivity contribution in [3.05, 3.63) is 35.6 Å². The van der Waals surface area contributed by atoms with Crippen molar-refractivity contribution in [2.24, 2.45) is 10.9 Å². The maximum atomic E-state index is 13.9. The van der Waals surface area contributed by atoms with Gasteiger partial charge < -0.3 is 20.1 Å². The fourth-order valence-electron chi connectivity index (χ4n) is 3.29. The van der Waals surface area contributed by atoms with Crippen LogP contribution in [0.5, 0.6) is 0 Å². The summed E-state index contributed by atoms with van der Waals surface area (Å²) in [6.07, 6.45) is 2.95. The number of ether oxygens (including phenoxy) is 2. The maximum Gasteiger partial charge on any atom is 0.191 e. The van der Waals surface area contributed by atoms with Crippen LogP contribution in [0.1, 0.15) is 37.7 Å². The molecule has 1 saturated heterocycles. The zero-order valence-electron chi connectivity index (χ0n) is 15.5. The number of nitrogens with one attached hydrogen (secondary N) is 2. The Morgan fingerprint density at radius 2 is 2.27 bits per heavy atom. The fourth-order valence-corrected chi connectivity index (χ4v) is 3.29. The molecule has 2 N–H and O–H groups in total. The Labute approximate surface area is 155 Å². The first-order valence-electron chi connectivity index (χ1n) is 9.72. The molecule has 1 aliphatic carbocycles. The third-order valence-electron chi connectivity index (χ3n) is 4.86. The summed E-state index contributed by atoms with van der Waals surface area (Å²) in [5.41, 5.74) is 0.796. The minimum Gasteiger partial charge on any atom is -0.381 e. The molecule has 0 amide bonds. The van der Waals surface area contributed by atoms with E-state index in [-0.39, 0.29) is 17.8 Å².